The van der Waals surface area contributed by atoms with Crippen LogP contribution in [0.3, 0.4) is 0 Å². The number of nitrogen functional groups attached to an aromatic ring is 1. The second kappa shape index (κ2) is 5.09. The average molecular weight is 269 g/mol. The molecular weight excluding hydrogens is 259 g/mol. The lowest BCUT2D eigenvalue weighted by Crippen LogP contribution is -2.10. The summed E-state index contributed by atoms with van der Waals surface area (Å²) < 4.78 is 37.7. The highest BCUT2D eigenvalue weighted by molar-refractivity contribution is 5.47. The van der Waals surface area contributed by atoms with Crippen molar-refractivity contribution >= 4 is 11.6 Å². The Kier molecular flexibility index (Phi) is 3.50. The molecule has 0 aromatic carbocycles. The van der Waals surface area contributed by atoms with E-state index < -0.39 is 11.7 Å². The van der Waals surface area contributed by atoms with Crippen molar-refractivity contribution in [2.24, 2.45) is 0 Å². The summed E-state index contributed by atoms with van der Waals surface area (Å²) in [5.41, 5.74) is 5.14. The third-order valence-electron chi connectivity index (χ3n) is 2.27. The Morgan fingerprint density at radius 1 is 1.26 bits per heavy atom. The molecule has 8 heteroatoms. The topological polar surface area (TPSA) is 76.7 Å². The molecule has 19 heavy (non-hydrogen) atoms. The lowest BCUT2D eigenvalue weighted by molar-refractivity contribution is -0.137. The fourth-order valence-electron chi connectivity index (χ4n) is 1.41. The standard InChI is InChI=1S/C11H10F3N5/c12-11(13,14)7-3-9(15)19-10(4-7)17-5-8-1-2-16-6-18-8/h1-4,6H,5H2,(H3,15,17,19). The Bertz CT molecular complexity index is 556. The van der Waals surface area contributed by atoms with Gasteiger partial charge in [-0.2, -0.15) is 13.2 Å². The molecule has 2 rings (SSSR count). The third-order valence-corrected chi connectivity index (χ3v) is 2.27. The number of hydrogen-bond acceptors (Lipinski definition) is 5. The van der Waals surface area contributed by atoms with Gasteiger partial charge < -0.3 is 11.1 Å². The van der Waals surface area contributed by atoms with Gasteiger partial charge in [0.05, 0.1) is 17.8 Å². The number of aromatic nitrogens is 3. The molecule has 0 aliphatic heterocycles. The molecule has 0 fully saturated rings. The minimum absolute atomic E-state index is 0.0472. The van der Waals surface area contributed by atoms with Crippen LogP contribution in [0.2, 0.25) is 0 Å². The van der Waals surface area contributed by atoms with Crippen molar-refractivity contribution in [2.75, 3.05) is 11.1 Å². The van der Waals surface area contributed by atoms with E-state index in [1.54, 1.807) is 6.07 Å². The van der Waals surface area contributed by atoms with Gasteiger partial charge in [-0.3, -0.25) is 0 Å². The number of nitrogens with zero attached hydrogens (tertiary/aromatic N) is 3. The molecule has 0 amide bonds. The van der Waals surface area contributed by atoms with Gasteiger partial charge in [0, 0.05) is 6.20 Å². The number of nitrogens with two attached hydrogens (primary N) is 1. The summed E-state index contributed by atoms with van der Waals surface area (Å²) in [4.78, 5) is 11.5. The van der Waals surface area contributed by atoms with Crippen molar-refractivity contribution in [3.63, 3.8) is 0 Å². The molecule has 0 aliphatic rings. The van der Waals surface area contributed by atoms with Crippen LogP contribution in [0, 0.1) is 0 Å². The van der Waals surface area contributed by atoms with Crippen LogP contribution in [0.4, 0.5) is 24.8 Å². The number of rotatable bonds is 3. The van der Waals surface area contributed by atoms with Gasteiger partial charge in [0.15, 0.2) is 0 Å². The summed E-state index contributed by atoms with van der Waals surface area (Å²) in [5, 5.41) is 2.73. The first kappa shape index (κ1) is 13.1. The maximum atomic E-state index is 12.6. The summed E-state index contributed by atoms with van der Waals surface area (Å²) in [6.45, 7) is 0.232. The van der Waals surface area contributed by atoms with Gasteiger partial charge in [-0.05, 0) is 18.2 Å². The molecule has 2 aromatic heterocycles. The average Bonchev–Trinajstić information content (AvgIpc) is 2.36. The zero-order chi connectivity index (χ0) is 13.9. The van der Waals surface area contributed by atoms with E-state index in [4.69, 9.17) is 5.73 Å². The smallest absolute Gasteiger partial charge is 0.384 e. The molecule has 0 aliphatic carbocycles. The summed E-state index contributed by atoms with van der Waals surface area (Å²) in [7, 11) is 0. The van der Waals surface area contributed by atoms with Gasteiger partial charge in [0.25, 0.3) is 0 Å². The summed E-state index contributed by atoms with van der Waals surface area (Å²) >= 11 is 0. The molecule has 100 valence electrons. The zero-order valence-corrected chi connectivity index (χ0v) is 9.65. The lowest BCUT2D eigenvalue weighted by Gasteiger charge is -2.10. The second-order valence-electron chi connectivity index (χ2n) is 3.72. The van der Waals surface area contributed by atoms with E-state index in [1.807, 2.05) is 0 Å². The van der Waals surface area contributed by atoms with Gasteiger partial charge in [0.1, 0.15) is 18.0 Å². The monoisotopic (exact) mass is 269 g/mol. The quantitative estimate of drug-likeness (QED) is 0.892. The van der Waals surface area contributed by atoms with Crippen molar-refractivity contribution in [2.45, 2.75) is 12.7 Å². The van der Waals surface area contributed by atoms with Crippen LogP contribution in [0.25, 0.3) is 0 Å². The van der Waals surface area contributed by atoms with Crippen molar-refractivity contribution < 1.29 is 13.2 Å². The maximum Gasteiger partial charge on any atom is 0.416 e. The van der Waals surface area contributed by atoms with Crippen molar-refractivity contribution in [3.05, 3.63) is 42.0 Å². The molecular formula is C11H10F3N5. The maximum absolute atomic E-state index is 12.6. The Labute approximate surface area is 106 Å². The highest BCUT2D eigenvalue weighted by Crippen LogP contribution is 2.31. The normalized spacial score (nSPS) is 11.3. The number of alkyl halides is 3. The van der Waals surface area contributed by atoms with E-state index in [-0.39, 0.29) is 18.2 Å². The van der Waals surface area contributed by atoms with Gasteiger partial charge in [0.2, 0.25) is 0 Å². The minimum Gasteiger partial charge on any atom is -0.384 e. The predicted molar refractivity (Wildman–Crippen MR) is 63.0 cm³/mol. The SMILES string of the molecule is Nc1cc(C(F)(F)F)cc(NCc2ccncn2)n1. The van der Waals surface area contributed by atoms with Crippen LogP contribution in [0.15, 0.2) is 30.7 Å². The zero-order valence-electron chi connectivity index (χ0n) is 9.65. The summed E-state index contributed by atoms with van der Waals surface area (Å²) in [6, 6.07) is 3.33. The molecule has 0 spiro atoms. The number of hydrogen-bond donors (Lipinski definition) is 2. The highest BCUT2D eigenvalue weighted by Gasteiger charge is 2.31. The lowest BCUT2D eigenvalue weighted by atomic mass is 10.2. The second-order valence-corrected chi connectivity index (χ2v) is 3.72. The van der Waals surface area contributed by atoms with E-state index in [2.05, 4.69) is 20.3 Å². The molecule has 0 atom stereocenters. The van der Waals surface area contributed by atoms with Crippen LogP contribution in [0.1, 0.15) is 11.3 Å². The summed E-state index contributed by atoms with van der Waals surface area (Å²) in [6.07, 6.45) is -1.56. The van der Waals surface area contributed by atoms with Gasteiger partial charge in [-0.15, -0.1) is 0 Å². The van der Waals surface area contributed by atoms with Crippen LogP contribution >= 0.6 is 0 Å². The van der Waals surface area contributed by atoms with Crippen LogP contribution in [-0.4, -0.2) is 15.0 Å². The summed E-state index contributed by atoms with van der Waals surface area (Å²) in [5.74, 6) is -0.147. The molecule has 5 nitrogen and oxygen atoms in total. The van der Waals surface area contributed by atoms with Crippen LogP contribution in [0.5, 0.6) is 0 Å². The first-order valence-electron chi connectivity index (χ1n) is 5.28. The molecule has 0 bridgehead atoms. The van der Waals surface area contributed by atoms with E-state index in [9.17, 15) is 13.2 Å². The van der Waals surface area contributed by atoms with E-state index in [1.165, 1.54) is 12.5 Å². The van der Waals surface area contributed by atoms with Crippen molar-refractivity contribution in [1.29, 1.82) is 0 Å². The largest absolute Gasteiger partial charge is 0.416 e. The molecule has 0 radical (unpaired) electrons. The Morgan fingerprint density at radius 2 is 2.05 bits per heavy atom. The molecule has 0 unspecified atom stereocenters. The number of anilines is 2. The fourth-order valence-corrected chi connectivity index (χ4v) is 1.41. The van der Waals surface area contributed by atoms with Gasteiger partial charge >= 0.3 is 6.18 Å². The van der Waals surface area contributed by atoms with E-state index >= 15 is 0 Å². The number of pyridine rings is 1. The van der Waals surface area contributed by atoms with Crippen molar-refractivity contribution in [1.82, 2.24) is 15.0 Å². The molecule has 0 saturated carbocycles. The van der Waals surface area contributed by atoms with E-state index in [0.29, 0.717) is 5.69 Å². The van der Waals surface area contributed by atoms with Crippen LogP contribution < -0.4 is 11.1 Å². The third kappa shape index (κ3) is 3.54. The Balaban J connectivity index is 2.15. The molecule has 0 saturated heterocycles. The number of halogens is 3. The van der Waals surface area contributed by atoms with E-state index in [0.717, 1.165) is 12.1 Å². The van der Waals surface area contributed by atoms with Crippen LogP contribution in [-0.2, 0) is 12.7 Å². The first-order valence-corrected chi connectivity index (χ1v) is 5.28. The molecule has 2 heterocycles. The Hall–Kier alpha value is -2.38. The van der Waals surface area contributed by atoms with Gasteiger partial charge in [-0.25, -0.2) is 15.0 Å². The highest BCUT2D eigenvalue weighted by atomic mass is 19.4. The molecule has 3 N–H and O–H groups in total. The van der Waals surface area contributed by atoms with Crippen molar-refractivity contribution in [3.8, 4) is 0 Å². The van der Waals surface area contributed by atoms with Gasteiger partial charge in [-0.1, -0.05) is 0 Å². The Morgan fingerprint density at radius 3 is 2.68 bits per heavy atom. The minimum atomic E-state index is -4.46. The number of nitrogens with one attached hydrogen (secondary N) is 1. The fraction of sp³-hybridized carbons (Fsp3) is 0.182. The molecule has 2 aromatic rings. The predicted octanol–water partition coefficient (Wildman–Crippen LogP) is 2.08. The first-order chi connectivity index (χ1) is 8.95.